The van der Waals surface area contributed by atoms with Crippen LogP contribution in [-0.2, 0) is 4.79 Å². The van der Waals surface area contributed by atoms with Gasteiger partial charge in [-0.2, -0.15) is 0 Å². The van der Waals surface area contributed by atoms with Crippen LogP contribution in [-0.4, -0.2) is 13.0 Å². The Bertz CT molecular complexity index is 1180. The van der Waals surface area contributed by atoms with Gasteiger partial charge in [-0.1, -0.05) is 48.0 Å². The second-order valence-electron chi connectivity index (χ2n) is 5.99. The Morgan fingerprint density at radius 3 is 2.63 bits per heavy atom. The molecule has 4 rings (SSSR count). The first-order valence-corrected chi connectivity index (χ1v) is 8.76. The van der Waals surface area contributed by atoms with Crippen molar-refractivity contribution in [3.8, 4) is 5.75 Å². The van der Waals surface area contributed by atoms with Crippen LogP contribution in [0.4, 0.5) is 5.69 Å². The molecule has 4 nitrogen and oxygen atoms in total. The summed E-state index contributed by atoms with van der Waals surface area (Å²) in [5, 5.41) is 5.36. The molecule has 1 N–H and O–H groups in total. The molecule has 0 bridgehead atoms. The molecule has 0 atom stereocenters. The van der Waals surface area contributed by atoms with Crippen LogP contribution in [0, 0.1) is 0 Å². The van der Waals surface area contributed by atoms with Crippen molar-refractivity contribution in [2.45, 2.75) is 0 Å². The fourth-order valence-electron chi connectivity index (χ4n) is 2.97. The minimum atomic E-state index is -0.288. The van der Waals surface area contributed by atoms with Gasteiger partial charge >= 0.3 is 0 Å². The fourth-order valence-corrected chi connectivity index (χ4v) is 3.17. The first-order chi connectivity index (χ1) is 13.2. The number of para-hydroxylation sites is 1. The standard InChI is InChI=1S/C22H16ClNO3/c1-26-21-12-16-15-7-3-5-9-19(15)27-20(16)13-18(21)24-22(25)11-10-14-6-2-4-8-17(14)23/h2-13H,1H3,(H,24,25)/b11-10+. The third kappa shape index (κ3) is 3.39. The van der Waals surface area contributed by atoms with Crippen LogP contribution in [0.1, 0.15) is 5.56 Å². The summed E-state index contributed by atoms with van der Waals surface area (Å²) in [6.45, 7) is 0. The molecule has 0 saturated heterocycles. The minimum absolute atomic E-state index is 0.288. The summed E-state index contributed by atoms with van der Waals surface area (Å²) in [7, 11) is 1.57. The van der Waals surface area contributed by atoms with Crippen molar-refractivity contribution < 1.29 is 13.9 Å². The highest BCUT2D eigenvalue weighted by Crippen LogP contribution is 2.36. The highest BCUT2D eigenvalue weighted by atomic mass is 35.5. The van der Waals surface area contributed by atoms with Gasteiger partial charge in [0.1, 0.15) is 16.9 Å². The van der Waals surface area contributed by atoms with E-state index in [9.17, 15) is 4.79 Å². The lowest BCUT2D eigenvalue weighted by Crippen LogP contribution is -2.08. The molecule has 1 aromatic heterocycles. The molecule has 5 heteroatoms. The van der Waals surface area contributed by atoms with E-state index in [4.69, 9.17) is 20.8 Å². The lowest BCUT2D eigenvalue weighted by molar-refractivity contribution is -0.111. The minimum Gasteiger partial charge on any atom is -0.495 e. The van der Waals surface area contributed by atoms with Gasteiger partial charge in [-0.05, 0) is 29.8 Å². The molecular weight excluding hydrogens is 362 g/mol. The summed E-state index contributed by atoms with van der Waals surface area (Å²) in [5.74, 6) is 0.275. The van der Waals surface area contributed by atoms with Crippen molar-refractivity contribution in [1.29, 1.82) is 0 Å². The summed E-state index contributed by atoms with van der Waals surface area (Å²) < 4.78 is 11.3. The highest BCUT2D eigenvalue weighted by molar-refractivity contribution is 6.32. The van der Waals surface area contributed by atoms with Crippen LogP contribution < -0.4 is 10.1 Å². The van der Waals surface area contributed by atoms with Gasteiger partial charge in [0.05, 0.1) is 12.8 Å². The number of carbonyl (C=O) groups excluding carboxylic acids is 1. The Balaban J connectivity index is 1.65. The number of furan rings is 1. The maximum atomic E-state index is 12.3. The number of anilines is 1. The van der Waals surface area contributed by atoms with Crippen LogP contribution in [0.2, 0.25) is 5.02 Å². The Morgan fingerprint density at radius 1 is 1.04 bits per heavy atom. The normalized spacial score (nSPS) is 11.3. The predicted octanol–water partition coefficient (Wildman–Crippen LogP) is 5.90. The Labute approximate surface area is 161 Å². The van der Waals surface area contributed by atoms with Crippen molar-refractivity contribution in [2.24, 2.45) is 0 Å². The average molecular weight is 378 g/mol. The van der Waals surface area contributed by atoms with E-state index in [0.29, 0.717) is 22.0 Å². The number of hydrogen-bond acceptors (Lipinski definition) is 3. The molecule has 0 spiro atoms. The molecule has 0 aliphatic carbocycles. The maximum absolute atomic E-state index is 12.3. The fraction of sp³-hybridized carbons (Fsp3) is 0.0455. The van der Waals surface area contributed by atoms with Crippen LogP contribution in [0.15, 0.2) is 71.2 Å². The second kappa shape index (κ2) is 7.17. The number of benzene rings is 3. The van der Waals surface area contributed by atoms with Crippen molar-refractivity contribution in [2.75, 3.05) is 12.4 Å². The van der Waals surface area contributed by atoms with Gasteiger partial charge in [-0.3, -0.25) is 4.79 Å². The zero-order valence-electron chi connectivity index (χ0n) is 14.5. The molecule has 0 aliphatic heterocycles. The largest absolute Gasteiger partial charge is 0.495 e. The smallest absolute Gasteiger partial charge is 0.248 e. The van der Waals surface area contributed by atoms with Gasteiger partial charge in [-0.25, -0.2) is 0 Å². The quantitative estimate of drug-likeness (QED) is 0.450. The first-order valence-electron chi connectivity index (χ1n) is 8.38. The van der Waals surface area contributed by atoms with Crippen molar-refractivity contribution in [1.82, 2.24) is 0 Å². The van der Waals surface area contributed by atoms with E-state index in [-0.39, 0.29) is 5.91 Å². The van der Waals surface area contributed by atoms with E-state index in [1.165, 1.54) is 6.08 Å². The number of carbonyl (C=O) groups is 1. The third-order valence-electron chi connectivity index (χ3n) is 4.28. The third-order valence-corrected chi connectivity index (χ3v) is 4.62. The molecule has 3 aromatic carbocycles. The number of halogens is 1. The Morgan fingerprint density at radius 2 is 1.81 bits per heavy atom. The van der Waals surface area contributed by atoms with E-state index in [1.807, 2.05) is 48.5 Å². The number of ether oxygens (including phenoxy) is 1. The molecule has 1 heterocycles. The Hall–Kier alpha value is -3.24. The maximum Gasteiger partial charge on any atom is 0.248 e. The van der Waals surface area contributed by atoms with E-state index >= 15 is 0 Å². The monoisotopic (exact) mass is 377 g/mol. The van der Waals surface area contributed by atoms with Crippen LogP contribution in [0.5, 0.6) is 5.75 Å². The lowest BCUT2D eigenvalue weighted by atomic mass is 10.1. The lowest BCUT2D eigenvalue weighted by Gasteiger charge is -2.09. The molecular formula is C22H16ClNO3. The van der Waals surface area contributed by atoms with E-state index in [1.54, 1.807) is 25.3 Å². The van der Waals surface area contributed by atoms with Crippen molar-refractivity contribution >= 4 is 51.2 Å². The molecule has 4 aromatic rings. The van der Waals surface area contributed by atoms with Crippen LogP contribution in [0.3, 0.4) is 0 Å². The van der Waals surface area contributed by atoms with Gasteiger partial charge in [0.15, 0.2) is 0 Å². The van der Waals surface area contributed by atoms with Crippen molar-refractivity contribution in [3.05, 3.63) is 77.3 Å². The molecule has 27 heavy (non-hydrogen) atoms. The van der Waals surface area contributed by atoms with Gasteiger partial charge in [0.25, 0.3) is 0 Å². The molecule has 0 unspecified atom stereocenters. The van der Waals surface area contributed by atoms with Crippen molar-refractivity contribution in [3.63, 3.8) is 0 Å². The molecule has 0 fully saturated rings. The number of rotatable bonds is 4. The number of methoxy groups -OCH3 is 1. The van der Waals surface area contributed by atoms with E-state index in [0.717, 1.165) is 21.9 Å². The molecule has 0 saturated carbocycles. The SMILES string of the molecule is COc1cc2c(cc1NC(=O)/C=C/c1ccccc1Cl)oc1ccccc12. The summed E-state index contributed by atoms with van der Waals surface area (Å²) in [5.41, 5.74) is 2.78. The highest BCUT2D eigenvalue weighted by Gasteiger charge is 2.13. The number of amides is 1. The predicted molar refractivity (Wildman–Crippen MR) is 109 cm³/mol. The van der Waals surface area contributed by atoms with E-state index < -0.39 is 0 Å². The van der Waals surface area contributed by atoms with Gasteiger partial charge in [0.2, 0.25) is 5.91 Å². The first kappa shape index (κ1) is 17.2. The molecule has 0 aliphatic rings. The summed E-state index contributed by atoms with van der Waals surface area (Å²) in [4.78, 5) is 12.3. The summed E-state index contributed by atoms with van der Waals surface area (Å²) >= 11 is 6.10. The molecule has 134 valence electrons. The van der Waals surface area contributed by atoms with Crippen LogP contribution >= 0.6 is 11.6 Å². The topological polar surface area (TPSA) is 51.5 Å². The summed E-state index contributed by atoms with van der Waals surface area (Å²) in [6, 6.07) is 18.7. The van der Waals surface area contributed by atoms with E-state index in [2.05, 4.69) is 5.32 Å². The van der Waals surface area contributed by atoms with Gasteiger partial charge in [0, 0.05) is 27.9 Å². The van der Waals surface area contributed by atoms with Crippen LogP contribution in [0.25, 0.3) is 28.0 Å². The zero-order valence-corrected chi connectivity index (χ0v) is 15.3. The Kier molecular flexibility index (Phi) is 4.57. The number of hydrogen-bond donors (Lipinski definition) is 1. The number of nitrogens with one attached hydrogen (secondary N) is 1. The summed E-state index contributed by atoms with van der Waals surface area (Å²) in [6.07, 6.45) is 3.10. The second-order valence-corrected chi connectivity index (χ2v) is 6.40. The van der Waals surface area contributed by atoms with Gasteiger partial charge < -0.3 is 14.5 Å². The number of fused-ring (bicyclic) bond motifs is 3. The molecule has 1 amide bonds. The zero-order chi connectivity index (χ0) is 18.8. The van der Waals surface area contributed by atoms with Gasteiger partial charge in [-0.15, -0.1) is 0 Å². The molecule has 0 radical (unpaired) electrons. The average Bonchev–Trinajstić information content (AvgIpc) is 3.04.